The van der Waals surface area contributed by atoms with Crippen LogP contribution in [-0.4, -0.2) is 59.2 Å². The number of aliphatic hydroxyl groups excluding tert-OH is 2. The molecule has 8 nitrogen and oxygen atoms in total. The minimum absolute atomic E-state index is 0.163. The Kier molecular flexibility index (Phi) is 3.29. The molecule has 0 unspecified atom stereocenters. The summed E-state index contributed by atoms with van der Waals surface area (Å²) in [7, 11) is 0. The standard InChI is InChI=1S/C15H21N5O3/c1-15(23)10(4-8(5-21)12(15)22)20-7-18-11-13(19-9-2-3-9)16-6-17-14(11)20/h6-10,12,21-23H,2-5H2,1H3,(H,16,17,19)/t8-,10-,12-,15+/m1/s1. The van der Waals surface area contributed by atoms with Gasteiger partial charge in [0.05, 0.1) is 18.5 Å². The molecule has 2 aromatic rings. The zero-order valence-corrected chi connectivity index (χ0v) is 12.9. The van der Waals surface area contributed by atoms with E-state index in [4.69, 9.17) is 0 Å². The molecule has 0 bridgehead atoms. The number of hydrogen-bond acceptors (Lipinski definition) is 7. The predicted molar refractivity (Wildman–Crippen MR) is 82.8 cm³/mol. The molecule has 124 valence electrons. The van der Waals surface area contributed by atoms with Gasteiger partial charge in [0.2, 0.25) is 0 Å². The van der Waals surface area contributed by atoms with E-state index in [1.54, 1.807) is 17.8 Å². The second-order valence-corrected chi connectivity index (χ2v) is 6.83. The van der Waals surface area contributed by atoms with Gasteiger partial charge in [0.1, 0.15) is 17.4 Å². The van der Waals surface area contributed by atoms with Crippen LogP contribution < -0.4 is 5.32 Å². The Labute approximate surface area is 133 Å². The van der Waals surface area contributed by atoms with Gasteiger partial charge >= 0.3 is 0 Å². The van der Waals surface area contributed by atoms with Gasteiger partial charge in [-0.15, -0.1) is 0 Å². The van der Waals surface area contributed by atoms with Crippen molar-refractivity contribution in [1.82, 2.24) is 19.5 Å². The molecule has 4 N–H and O–H groups in total. The Bertz CT molecular complexity index is 727. The maximum Gasteiger partial charge on any atom is 0.165 e. The van der Waals surface area contributed by atoms with E-state index in [0.717, 1.165) is 12.8 Å². The van der Waals surface area contributed by atoms with E-state index in [0.29, 0.717) is 29.4 Å². The zero-order chi connectivity index (χ0) is 16.2. The Morgan fingerprint density at radius 2 is 2.13 bits per heavy atom. The first-order valence-electron chi connectivity index (χ1n) is 7.97. The molecule has 2 heterocycles. The number of aliphatic hydroxyl groups is 3. The molecule has 0 radical (unpaired) electrons. The molecule has 4 atom stereocenters. The molecular formula is C15H21N5O3. The van der Waals surface area contributed by atoms with Gasteiger partial charge in [-0.05, 0) is 26.2 Å². The maximum absolute atomic E-state index is 10.7. The van der Waals surface area contributed by atoms with Gasteiger partial charge in [0.15, 0.2) is 11.5 Å². The third-order valence-electron chi connectivity index (χ3n) is 5.09. The fourth-order valence-electron chi connectivity index (χ4n) is 3.50. The quantitative estimate of drug-likeness (QED) is 0.630. The summed E-state index contributed by atoms with van der Waals surface area (Å²) in [6, 6.07) is 0.0526. The average Bonchev–Trinajstić information content (AvgIpc) is 3.19. The van der Waals surface area contributed by atoms with Crippen LogP contribution in [0.2, 0.25) is 0 Å². The smallest absolute Gasteiger partial charge is 0.165 e. The lowest BCUT2D eigenvalue weighted by atomic mass is 9.96. The largest absolute Gasteiger partial charge is 0.396 e. The van der Waals surface area contributed by atoms with Gasteiger partial charge in [-0.2, -0.15) is 0 Å². The first kappa shape index (κ1) is 14.8. The van der Waals surface area contributed by atoms with Gasteiger partial charge in [-0.3, -0.25) is 0 Å². The highest BCUT2D eigenvalue weighted by atomic mass is 16.3. The molecule has 0 spiro atoms. The molecule has 2 aliphatic carbocycles. The van der Waals surface area contributed by atoms with E-state index in [-0.39, 0.29) is 12.5 Å². The second-order valence-electron chi connectivity index (χ2n) is 6.83. The minimum atomic E-state index is -1.35. The van der Waals surface area contributed by atoms with Crippen molar-refractivity contribution in [2.24, 2.45) is 5.92 Å². The van der Waals surface area contributed by atoms with Crippen LogP contribution in [0, 0.1) is 5.92 Å². The monoisotopic (exact) mass is 319 g/mol. The van der Waals surface area contributed by atoms with Crippen molar-refractivity contribution in [3.63, 3.8) is 0 Å². The summed E-state index contributed by atoms with van der Waals surface area (Å²) >= 11 is 0. The van der Waals surface area contributed by atoms with Crippen molar-refractivity contribution in [2.75, 3.05) is 11.9 Å². The van der Waals surface area contributed by atoms with Crippen LogP contribution in [0.1, 0.15) is 32.2 Å². The Morgan fingerprint density at radius 1 is 1.35 bits per heavy atom. The van der Waals surface area contributed by atoms with Crippen molar-refractivity contribution < 1.29 is 15.3 Å². The lowest BCUT2D eigenvalue weighted by Crippen LogP contribution is -2.42. The van der Waals surface area contributed by atoms with Gasteiger partial charge in [0.25, 0.3) is 0 Å². The molecule has 8 heteroatoms. The van der Waals surface area contributed by atoms with E-state index >= 15 is 0 Å². The third kappa shape index (κ3) is 2.29. The van der Waals surface area contributed by atoms with E-state index in [9.17, 15) is 15.3 Å². The fraction of sp³-hybridized carbons (Fsp3) is 0.667. The van der Waals surface area contributed by atoms with Crippen LogP contribution in [0.15, 0.2) is 12.7 Å². The Hall–Kier alpha value is -1.77. The highest BCUT2D eigenvalue weighted by Crippen LogP contribution is 2.44. The minimum Gasteiger partial charge on any atom is -0.396 e. The molecule has 2 aliphatic rings. The number of aromatic nitrogens is 4. The van der Waals surface area contributed by atoms with Gasteiger partial charge in [-0.1, -0.05) is 0 Å². The highest BCUT2D eigenvalue weighted by molar-refractivity contribution is 5.83. The molecule has 2 saturated carbocycles. The molecule has 0 aliphatic heterocycles. The molecular weight excluding hydrogens is 298 g/mol. The molecule has 23 heavy (non-hydrogen) atoms. The number of imidazole rings is 1. The molecule has 0 aromatic carbocycles. The zero-order valence-electron chi connectivity index (χ0n) is 12.9. The van der Waals surface area contributed by atoms with Gasteiger partial charge < -0.3 is 25.2 Å². The first-order chi connectivity index (χ1) is 11.0. The highest BCUT2D eigenvalue weighted by Gasteiger charge is 2.51. The van der Waals surface area contributed by atoms with Crippen molar-refractivity contribution in [3.05, 3.63) is 12.7 Å². The third-order valence-corrected chi connectivity index (χ3v) is 5.09. The number of fused-ring (bicyclic) bond motifs is 1. The SMILES string of the molecule is C[C@@]1(O)[C@H](O)[C@@H](CO)C[C@H]1n1cnc2c(NC3CC3)ncnc21. The fourth-order valence-corrected chi connectivity index (χ4v) is 3.50. The number of hydrogen-bond donors (Lipinski definition) is 4. The summed E-state index contributed by atoms with van der Waals surface area (Å²) in [4.78, 5) is 13.0. The molecule has 0 amide bonds. The molecule has 2 aromatic heterocycles. The summed E-state index contributed by atoms with van der Waals surface area (Å²) in [5.74, 6) is 0.339. The summed E-state index contributed by atoms with van der Waals surface area (Å²) in [5.41, 5.74) is -0.0628. The van der Waals surface area contributed by atoms with Crippen LogP contribution >= 0.6 is 0 Å². The van der Waals surface area contributed by atoms with Crippen molar-refractivity contribution in [2.45, 2.75) is 50.0 Å². The van der Waals surface area contributed by atoms with E-state index in [2.05, 4.69) is 20.3 Å². The molecule has 4 rings (SSSR count). The second kappa shape index (κ2) is 5.12. The van der Waals surface area contributed by atoms with E-state index < -0.39 is 17.7 Å². The van der Waals surface area contributed by atoms with E-state index in [1.807, 2.05) is 0 Å². The maximum atomic E-state index is 10.7. The number of nitrogens with zero attached hydrogens (tertiary/aromatic N) is 4. The number of nitrogens with one attached hydrogen (secondary N) is 1. The first-order valence-corrected chi connectivity index (χ1v) is 7.97. The van der Waals surface area contributed by atoms with E-state index in [1.165, 1.54) is 6.33 Å². The number of rotatable bonds is 4. The predicted octanol–water partition coefficient (Wildman–Crippen LogP) is 0.0658. The topological polar surface area (TPSA) is 116 Å². The average molecular weight is 319 g/mol. The summed E-state index contributed by atoms with van der Waals surface area (Å²) < 4.78 is 1.79. The van der Waals surface area contributed by atoms with Crippen LogP contribution in [0.3, 0.4) is 0 Å². The van der Waals surface area contributed by atoms with Crippen molar-refractivity contribution in [3.8, 4) is 0 Å². The van der Waals surface area contributed by atoms with Crippen molar-refractivity contribution in [1.29, 1.82) is 0 Å². The van der Waals surface area contributed by atoms with Crippen molar-refractivity contribution >= 4 is 17.0 Å². The lowest BCUT2D eigenvalue weighted by Gasteiger charge is -2.29. The number of anilines is 1. The van der Waals surface area contributed by atoms with Crippen LogP contribution in [0.4, 0.5) is 5.82 Å². The van der Waals surface area contributed by atoms with Crippen LogP contribution in [0.25, 0.3) is 11.2 Å². The normalized spacial score (nSPS) is 34.2. The lowest BCUT2D eigenvalue weighted by molar-refractivity contribution is -0.0777. The van der Waals surface area contributed by atoms with Crippen LogP contribution in [0.5, 0.6) is 0 Å². The summed E-state index contributed by atoms with van der Waals surface area (Å²) in [6.07, 6.45) is 4.85. The summed E-state index contributed by atoms with van der Waals surface area (Å²) in [6.45, 7) is 1.43. The van der Waals surface area contributed by atoms with Gasteiger partial charge in [0, 0.05) is 18.6 Å². The summed E-state index contributed by atoms with van der Waals surface area (Å²) in [5, 5.41) is 33.7. The van der Waals surface area contributed by atoms with Crippen LogP contribution in [-0.2, 0) is 0 Å². The molecule has 0 saturated heterocycles. The van der Waals surface area contributed by atoms with Gasteiger partial charge in [-0.25, -0.2) is 15.0 Å². The Morgan fingerprint density at radius 3 is 2.78 bits per heavy atom. The Balaban J connectivity index is 1.74. The molecule has 2 fully saturated rings.